The molecule has 1 aromatic rings. The van der Waals surface area contributed by atoms with Gasteiger partial charge in [-0.05, 0) is 13.0 Å². The lowest BCUT2D eigenvalue weighted by molar-refractivity contribution is -0.385. The van der Waals surface area contributed by atoms with Crippen LogP contribution in [0.5, 0.6) is 0 Å². The minimum atomic E-state index is -1.15. The lowest BCUT2D eigenvalue weighted by atomic mass is 10.1. The molecule has 82 valence electrons. The maximum absolute atomic E-state index is 10.7. The van der Waals surface area contributed by atoms with Crippen LogP contribution in [0.3, 0.4) is 0 Å². The number of nitro benzene ring substituents is 1. The first kappa shape index (κ1) is 12.1. The second-order valence-corrected chi connectivity index (χ2v) is 3.90. The van der Waals surface area contributed by atoms with Crippen molar-refractivity contribution in [3.8, 4) is 0 Å². The number of hydrogen-bond acceptors (Lipinski definition) is 4. The average molecular weight is 276 g/mol. The smallest absolute Gasteiger partial charge is 0.273 e. The van der Waals surface area contributed by atoms with E-state index in [9.17, 15) is 15.2 Å². The van der Waals surface area contributed by atoms with Gasteiger partial charge in [0.2, 0.25) is 0 Å². The first-order valence-corrected chi connectivity index (χ1v) is 4.92. The summed E-state index contributed by atoms with van der Waals surface area (Å²) in [5.41, 5.74) is 0.742. The molecule has 1 rings (SSSR count). The Labute approximate surface area is 95.0 Å². The van der Waals surface area contributed by atoms with E-state index in [4.69, 9.17) is 4.74 Å². The zero-order valence-electron chi connectivity index (χ0n) is 8.23. The fraction of sp³-hybridized carbons (Fsp3) is 0.333. The van der Waals surface area contributed by atoms with Crippen molar-refractivity contribution in [1.29, 1.82) is 0 Å². The topological polar surface area (TPSA) is 72.6 Å². The minimum absolute atomic E-state index is 0.0459. The van der Waals surface area contributed by atoms with Crippen LogP contribution in [-0.4, -0.2) is 17.1 Å². The largest absolute Gasteiger partial charge is 0.364 e. The Balaban J connectivity index is 3.34. The van der Waals surface area contributed by atoms with Crippen LogP contribution in [0.15, 0.2) is 16.6 Å². The number of benzene rings is 1. The van der Waals surface area contributed by atoms with Crippen LogP contribution < -0.4 is 0 Å². The molecule has 0 aliphatic rings. The molecule has 15 heavy (non-hydrogen) atoms. The lowest BCUT2D eigenvalue weighted by Crippen LogP contribution is -2.04. The third-order valence-corrected chi connectivity index (χ3v) is 2.53. The molecule has 1 unspecified atom stereocenters. The summed E-state index contributed by atoms with van der Waals surface area (Å²) in [6, 6.07) is 2.98. The van der Waals surface area contributed by atoms with E-state index in [2.05, 4.69) is 15.9 Å². The van der Waals surface area contributed by atoms with Crippen LogP contribution in [0.1, 0.15) is 17.4 Å². The van der Waals surface area contributed by atoms with E-state index in [1.807, 2.05) is 0 Å². The monoisotopic (exact) mass is 275 g/mol. The number of rotatable bonds is 3. The summed E-state index contributed by atoms with van der Waals surface area (Å²) in [6.45, 7) is 1.57. The highest BCUT2D eigenvalue weighted by Crippen LogP contribution is 2.30. The summed E-state index contributed by atoms with van der Waals surface area (Å²) in [6.07, 6.45) is -1.15. The highest BCUT2D eigenvalue weighted by atomic mass is 79.9. The van der Waals surface area contributed by atoms with Gasteiger partial charge < -0.3 is 9.84 Å². The van der Waals surface area contributed by atoms with Crippen molar-refractivity contribution in [2.24, 2.45) is 0 Å². The van der Waals surface area contributed by atoms with Gasteiger partial charge in [-0.2, -0.15) is 0 Å². The Hall–Kier alpha value is -0.980. The summed E-state index contributed by atoms with van der Waals surface area (Å²) < 4.78 is 5.25. The summed E-state index contributed by atoms with van der Waals surface area (Å²) in [5.74, 6) is 0. The molecule has 1 N–H and O–H groups in total. The highest BCUT2D eigenvalue weighted by Gasteiger charge is 2.19. The first-order valence-electron chi connectivity index (χ1n) is 4.12. The molecule has 0 aromatic heterocycles. The molecule has 0 spiro atoms. The predicted molar refractivity (Wildman–Crippen MR) is 57.5 cm³/mol. The van der Waals surface area contributed by atoms with Gasteiger partial charge in [0.05, 0.1) is 4.92 Å². The van der Waals surface area contributed by atoms with Crippen LogP contribution in [0.2, 0.25) is 0 Å². The number of aliphatic hydroxyl groups is 1. The molecular formula is C9H10BrNO4. The molecule has 0 heterocycles. The van der Waals surface area contributed by atoms with Crippen molar-refractivity contribution in [2.75, 3.05) is 7.11 Å². The van der Waals surface area contributed by atoms with E-state index in [0.29, 0.717) is 15.6 Å². The second kappa shape index (κ2) is 4.69. The molecule has 6 heteroatoms. The van der Waals surface area contributed by atoms with E-state index in [0.717, 1.165) is 0 Å². The van der Waals surface area contributed by atoms with Crippen molar-refractivity contribution >= 4 is 21.6 Å². The van der Waals surface area contributed by atoms with Gasteiger partial charge in [0.25, 0.3) is 5.69 Å². The highest BCUT2D eigenvalue weighted by molar-refractivity contribution is 9.10. The molecule has 1 atom stereocenters. The van der Waals surface area contributed by atoms with Gasteiger partial charge in [-0.25, -0.2) is 0 Å². The second-order valence-electron chi connectivity index (χ2n) is 2.98. The Morgan fingerprint density at radius 3 is 2.67 bits per heavy atom. The van der Waals surface area contributed by atoms with Gasteiger partial charge in [0.1, 0.15) is 0 Å². The van der Waals surface area contributed by atoms with Gasteiger partial charge in [-0.1, -0.05) is 15.9 Å². The molecule has 5 nitrogen and oxygen atoms in total. The van der Waals surface area contributed by atoms with Gasteiger partial charge >= 0.3 is 0 Å². The van der Waals surface area contributed by atoms with Crippen LogP contribution in [0, 0.1) is 17.0 Å². The molecule has 1 aromatic carbocycles. The van der Waals surface area contributed by atoms with E-state index in [1.165, 1.54) is 13.2 Å². The zero-order valence-corrected chi connectivity index (χ0v) is 9.82. The maximum atomic E-state index is 10.7. The third kappa shape index (κ3) is 2.53. The van der Waals surface area contributed by atoms with E-state index >= 15 is 0 Å². The van der Waals surface area contributed by atoms with Crippen molar-refractivity contribution in [1.82, 2.24) is 0 Å². The number of methoxy groups -OCH3 is 1. The van der Waals surface area contributed by atoms with Crippen molar-refractivity contribution in [3.63, 3.8) is 0 Å². The number of nitrogens with zero attached hydrogens (tertiary/aromatic N) is 1. The SMILES string of the molecule is COC(O)c1cc(Br)cc([N+](=O)[O-])c1C. The van der Waals surface area contributed by atoms with Crippen molar-refractivity contribution in [2.45, 2.75) is 13.2 Å². The molecule has 0 amide bonds. The molecule has 0 bridgehead atoms. The predicted octanol–water partition coefficient (Wildman–Crippen LogP) is 2.30. The minimum Gasteiger partial charge on any atom is -0.364 e. The van der Waals surface area contributed by atoms with Gasteiger partial charge in [0, 0.05) is 28.8 Å². The number of nitro groups is 1. The van der Waals surface area contributed by atoms with Gasteiger partial charge in [0.15, 0.2) is 6.29 Å². The molecule has 0 saturated heterocycles. The van der Waals surface area contributed by atoms with Gasteiger partial charge in [-0.3, -0.25) is 10.1 Å². The number of halogens is 1. The summed E-state index contributed by atoms with van der Waals surface area (Å²) >= 11 is 3.14. The van der Waals surface area contributed by atoms with E-state index < -0.39 is 11.2 Å². The standard InChI is InChI=1S/C9H10BrNO4/c1-5-7(9(12)15-2)3-6(10)4-8(5)11(13)14/h3-4,9,12H,1-2H3. The quantitative estimate of drug-likeness (QED) is 0.522. The Morgan fingerprint density at radius 2 is 2.20 bits per heavy atom. The van der Waals surface area contributed by atoms with Gasteiger partial charge in [-0.15, -0.1) is 0 Å². The number of aliphatic hydroxyl groups excluding tert-OH is 1. The number of hydrogen-bond donors (Lipinski definition) is 1. The molecular weight excluding hydrogens is 266 g/mol. The molecule has 0 saturated carbocycles. The fourth-order valence-electron chi connectivity index (χ4n) is 1.26. The fourth-order valence-corrected chi connectivity index (χ4v) is 1.72. The molecule has 0 aliphatic heterocycles. The Kier molecular flexibility index (Phi) is 3.78. The molecule has 0 radical (unpaired) electrons. The summed E-state index contributed by atoms with van der Waals surface area (Å²) in [7, 11) is 1.33. The maximum Gasteiger partial charge on any atom is 0.273 e. The summed E-state index contributed by atoms with van der Waals surface area (Å²) in [5, 5.41) is 20.2. The van der Waals surface area contributed by atoms with E-state index in [-0.39, 0.29) is 5.69 Å². The third-order valence-electron chi connectivity index (χ3n) is 2.07. The van der Waals surface area contributed by atoms with Crippen LogP contribution in [0.4, 0.5) is 5.69 Å². The van der Waals surface area contributed by atoms with Crippen LogP contribution >= 0.6 is 15.9 Å². The Morgan fingerprint density at radius 1 is 1.60 bits per heavy atom. The van der Waals surface area contributed by atoms with Crippen molar-refractivity contribution in [3.05, 3.63) is 37.8 Å². The zero-order chi connectivity index (χ0) is 11.6. The summed E-state index contributed by atoms with van der Waals surface area (Å²) in [4.78, 5) is 10.2. The average Bonchev–Trinajstić information content (AvgIpc) is 2.19. The van der Waals surface area contributed by atoms with Crippen LogP contribution in [-0.2, 0) is 4.74 Å². The normalized spacial score (nSPS) is 12.5. The number of ether oxygens (including phenoxy) is 1. The first-order chi connectivity index (χ1) is 6.97. The lowest BCUT2D eigenvalue weighted by Gasteiger charge is -2.12. The molecule has 0 fully saturated rings. The van der Waals surface area contributed by atoms with Crippen molar-refractivity contribution < 1.29 is 14.8 Å². The van der Waals surface area contributed by atoms with E-state index in [1.54, 1.807) is 13.0 Å². The Bertz CT molecular complexity index is 394. The molecule has 0 aliphatic carbocycles. The van der Waals surface area contributed by atoms with Crippen LogP contribution in [0.25, 0.3) is 0 Å².